The number of hydrogen-bond acceptors (Lipinski definition) is 6. The lowest BCUT2D eigenvalue weighted by molar-refractivity contribution is -0.529. The maximum Gasteiger partial charge on any atom is 0.338 e. The van der Waals surface area contributed by atoms with E-state index >= 15 is 0 Å². The van der Waals surface area contributed by atoms with Crippen molar-refractivity contribution in [1.82, 2.24) is 0 Å². The van der Waals surface area contributed by atoms with Gasteiger partial charge in [-0.25, -0.2) is 0 Å². The second-order valence-electron chi connectivity index (χ2n) is 3.72. The van der Waals surface area contributed by atoms with E-state index in [0.717, 1.165) is 0 Å². The van der Waals surface area contributed by atoms with Gasteiger partial charge in [-0.3, -0.25) is 15.5 Å². The first kappa shape index (κ1) is 12.9. The molecule has 0 aromatic rings. The van der Waals surface area contributed by atoms with E-state index in [1.54, 1.807) is 18.2 Å². The molecule has 0 amide bonds. The zero-order chi connectivity index (χ0) is 13.4. The molecule has 1 rings (SSSR count). The second-order valence-corrected chi connectivity index (χ2v) is 4.30. The first-order valence-corrected chi connectivity index (χ1v) is 4.85. The number of nitro groups is 1. The third-order valence-corrected chi connectivity index (χ3v) is 3.81. The van der Waals surface area contributed by atoms with Crippen molar-refractivity contribution in [3.05, 3.63) is 10.1 Å². The number of halogens is 1. The van der Waals surface area contributed by atoms with Crippen LogP contribution in [0.3, 0.4) is 0 Å². The molecule has 0 radical (unpaired) electrons. The monoisotopic (exact) mass is 251 g/mol. The Morgan fingerprint density at radius 2 is 1.94 bits per heavy atom. The third kappa shape index (κ3) is 1.22. The number of nitrogens with one attached hydrogen (secondary N) is 1. The van der Waals surface area contributed by atoms with E-state index in [2.05, 4.69) is 0 Å². The minimum atomic E-state index is -2.37. The van der Waals surface area contributed by atoms with Gasteiger partial charge >= 0.3 is 5.00 Å². The largest absolute Gasteiger partial charge is 0.338 e. The van der Waals surface area contributed by atoms with Crippen LogP contribution in [0.15, 0.2) is 0 Å². The summed E-state index contributed by atoms with van der Waals surface area (Å²) < 4.78 is 0. The molecule has 8 heteroatoms. The van der Waals surface area contributed by atoms with Crippen LogP contribution in [0.1, 0.15) is 6.92 Å². The van der Waals surface area contributed by atoms with Crippen molar-refractivity contribution in [1.29, 1.82) is 21.2 Å². The molecular formula is C9H6ClN5O2. The summed E-state index contributed by atoms with van der Waals surface area (Å²) in [4.78, 5) is 7.63. The van der Waals surface area contributed by atoms with E-state index in [1.165, 1.54) is 6.92 Å². The summed E-state index contributed by atoms with van der Waals surface area (Å²) in [6, 6.07) is 4.80. The molecule has 0 bridgehead atoms. The first-order valence-electron chi connectivity index (χ1n) is 4.47. The Morgan fingerprint density at radius 3 is 2.18 bits per heavy atom. The fourth-order valence-electron chi connectivity index (χ4n) is 1.99. The first-order chi connectivity index (χ1) is 7.82. The maximum atomic E-state index is 10.9. The molecule has 7 nitrogen and oxygen atoms in total. The smallest absolute Gasteiger partial charge is 0.300 e. The highest BCUT2D eigenvalue weighted by Crippen LogP contribution is 2.53. The van der Waals surface area contributed by atoms with E-state index in [1.807, 2.05) is 0 Å². The average molecular weight is 252 g/mol. The second kappa shape index (κ2) is 3.69. The molecule has 0 aromatic carbocycles. The van der Waals surface area contributed by atoms with Gasteiger partial charge in [-0.1, -0.05) is 6.92 Å². The predicted molar refractivity (Wildman–Crippen MR) is 55.2 cm³/mol. The van der Waals surface area contributed by atoms with Crippen molar-refractivity contribution >= 4 is 17.3 Å². The number of nitriles is 3. The molecule has 1 fully saturated rings. The Morgan fingerprint density at radius 1 is 1.47 bits per heavy atom. The molecule has 0 aromatic heterocycles. The number of hydrogen-bond donors (Lipinski definition) is 1. The quantitative estimate of drug-likeness (QED) is 0.321. The van der Waals surface area contributed by atoms with Gasteiger partial charge in [0.25, 0.3) is 0 Å². The van der Waals surface area contributed by atoms with Gasteiger partial charge in [0.1, 0.15) is 11.6 Å². The average Bonchev–Trinajstić information content (AvgIpc) is 2.48. The Labute approximate surface area is 101 Å². The number of nitrogens with zero attached hydrogens (tertiary/aromatic N) is 4. The number of rotatable bonds is 1. The highest BCUT2D eigenvalue weighted by molar-refractivity contribution is 6.36. The fourth-order valence-corrected chi connectivity index (χ4v) is 2.27. The van der Waals surface area contributed by atoms with E-state index in [4.69, 9.17) is 32.8 Å². The summed E-state index contributed by atoms with van der Waals surface area (Å²) in [5, 5.41) is 45.4. The van der Waals surface area contributed by atoms with Crippen molar-refractivity contribution < 1.29 is 4.92 Å². The zero-order valence-electron chi connectivity index (χ0n) is 8.64. The lowest BCUT2D eigenvalue weighted by Crippen LogP contribution is -2.43. The lowest BCUT2D eigenvalue weighted by atomic mass is 9.75. The van der Waals surface area contributed by atoms with Crippen LogP contribution >= 0.6 is 11.6 Å². The number of alkyl halides is 1. The van der Waals surface area contributed by atoms with Gasteiger partial charge in [-0.15, -0.1) is 0 Å². The van der Waals surface area contributed by atoms with Crippen molar-refractivity contribution in [3.63, 3.8) is 0 Å². The van der Waals surface area contributed by atoms with Gasteiger partial charge in [0.2, 0.25) is 0 Å². The van der Waals surface area contributed by atoms with Gasteiger partial charge < -0.3 is 0 Å². The minimum absolute atomic E-state index is 0.706. The van der Waals surface area contributed by atoms with Crippen molar-refractivity contribution in [3.8, 4) is 18.2 Å². The van der Waals surface area contributed by atoms with Crippen molar-refractivity contribution in [2.75, 3.05) is 0 Å². The molecule has 0 unspecified atom stereocenters. The standard InChI is InChI=1S/C9H6ClN5O2/c1-5-8(3-12,4-13)6(2-11)7(14)9(5,10)15(16)17/h5-6,14H,1H3/t5-,6-,9+/m1/s1. The Hall–Kier alpha value is -2.17. The van der Waals surface area contributed by atoms with E-state index in [-0.39, 0.29) is 0 Å². The normalized spacial score (nSPS) is 34.4. The highest BCUT2D eigenvalue weighted by Gasteiger charge is 2.72. The van der Waals surface area contributed by atoms with Crippen LogP contribution in [0.2, 0.25) is 0 Å². The van der Waals surface area contributed by atoms with Crippen molar-refractivity contribution in [2.45, 2.75) is 11.9 Å². The van der Waals surface area contributed by atoms with Gasteiger partial charge in [-0.2, -0.15) is 15.8 Å². The summed E-state index contributed by atoms with van der Waals surface area (Å²) in [7, 11) is 0. The van der Waals surface area contributed by atoms with Crippen LogP contribution in [0, 0.1) is 66.8 Å². The molecule has 1 saturated carbocycles. The van der Waals surface area contributed by atoms with Crippen LogP contribution in [-0.2, 0) is 0 Å². The molecule has 1 aliphatic carbocycles. The zero-order valence-corrected chi connectivity index (χ0v) is 9.39. The van der Waals surface area contributed by atoms with Gasteiger partial charge in [0, 0.05) is 4.92 Å². The molecule has 86 valence electrons. The Balaban J connectivity index is 3.59. The Bertz CT molecular complexity index is 511. The SMILES string of the molecule is C[C@@H]1C(C#N)(C#N)[C@H](C#N)C(=N)[C@@]1(Cl)[N+](=O)[O-]. The lowest BCUT2D eigenvalue weighted by Gasteiger charge is -2.21. The van der Waals surface area contributed by atoms with Gasteiger partial charge in [0.05, 0.1) is 24.1 Å². The van der Waals surface area contributed by atoms with E-state index in [9.17, 15) is 10.1 Å². The van der Waals surface area contributed by atoms with Gasteiger partial charge in [0.15, 0.2) is 5.41 Å². The predicted octanol–water partition coefficient (Wildman–Crippen LogP) is 1.04. The molecular weight excluding hydrogens is 246 g/mol. The molecule has 0 aliphatic heterocycles. The van der Waals surface area contributed by atoms with E-state index in [0.29, 0.717) is 0 Å². The van der Waals surface area contributed by atoms with E-state index < -0.39 is 32.9 Å². The fraction of sp³-hybridized carbons (Fsp3) is 0.556. The minimum Gasteiger partial charge on any atom is -0.300 e. The molecule has 0 saturated heterocycles. The topological polar surface area (TPSA) is 138 Å². The summed E-state index contributed by atoms with van der Waals surface area (Å²) in [6.07, 6.45) is 0. The third-order valence-electron chi connectivity index (χ3n) is 3.14. The molecule has 3 atom stereocenters. The molecule has 1 aliphatic rings. The summed E-state index contributed by atoms with van der Waals surface area (Å²) in [6.45, 7) is 1.23. The van der Waals surface area contributed by atoms with Crippen molar-refractivity contribution in [2.24, 2.45) is 17.3 Å². The maximum absolute atomic E-state index is 10.9. The van der Waals surface area contributed by atoms with Crippen LogP contribution in [-0.4, -0.2) is 15.6 Å². The summed E-state index contributed by atoms with van der Waals surface area (Å²) >= 11 is 5.74. The molecule has 0 heterocycles. The summed E-state index contributed by atoms with van der Waals surface area (Å²) in [5.41, 5.74) is -2.66. The molecule has 17 heavy (non-hydrogen) atoms. The highest BCUT2D eigenvalue weighted by atomic mass is 35.5. The van der Waals surface area contributed by atoms with Crippen LogP contribution in [0.5, 0.6) is 0 Å². The van der Waals surface area contributed by atoms with Crippen LogP contribution < -0.4 is 0 Å². The van der Waals surface area contributed by atoms with Crippen LogP contribution in [0.4, 0.5) is 0 Å². The van der Waals surface area contributed by atoms with Crippen LogP contribution in [0.25, 0.3) is 0 Å². The molecule has 0 spiro atoms. The molecule has 1 N–H and O–H groups in total. The Kier molecular flexibility index (Phi) is 2.80. The summed E-state index contributed by atoms with van der Waals surface area (Å²) in [5.74, 6) is -2.74. The van der Waals surface area contributed by atoms with Gasteiger partial charge in [-0.05, 0) is 11.6 Å².